The maximum Gasteiger partial charge on any atom is 0.332 e. The number of fused-ring (bicyclic) bond motifs is 1. The zero-order valence-corrected chi connectivity index (χ0v) is 17.9. The van der Waals surface area contributed by atoms with Gasteiger partial charge in [0, 0.05) is 6.92 Å². The van der Waals surface area contributed by atoms with E-state index in [2.05, 4.69) is 10.3 Å². The largest absolute Gasteiger partial charge is 0.479 e. The van der Waals surface area contributed by atoms with Crippen LogP contribution in [0.15, 0.2) is 34.9 Å². The Bertz CT molecular complexity index is 991. The van der Waals surface area contributed by atoms with Crippen LogP contribution in [0.3, 0.4) is 0 Å². The lowest BCUT2D eigenvalue weighted by molar-refractivity contribution is -0.164. The van der Waals surface area contributed by atoms with E-state index in [1.165, 1.54) is 11.2 Å². The molecular weight excluding hydrogens is 398 g/mol. The molecule has 31 heavy (non-hydrogen) atoms. The van der Waals surface area contributed by atoms with Gasteiger partial charge >= 0.3 is 5.97 Å². The van der Waals surface area contributed by atoms with Crippen LogP contribution in [-0.4, -0.2) is 44.9 Å². The fraction of sp³-hybridized carbons (Fsp3) is 0.478. The Morgan fingerprint density at radius 2 is 1.94 bits per heavy atom. The number of rotatable bonds is 6. The molecule has 2 amide bonds. The number of carboxylic acids is 1. The lowest BCUT2D eigenvalue weighted by atomic mass is 9.86. The number of piperazine rings is 1. The van der Waals surface area contributed by atoms with Gasteiger partial charge in [-0.05, 0) is 35.8 Å². The van der Waals surface area contributed by atoms with Crippen LogP contribution in [0.4, 0.5) is 0 Å². The van der Waals surface area contributed by atoms with E-state index in [-0.39, 0.29) is 29.3 Å². The van der Waals surface area contributed by atoms with Crippen LogP contribution in [0.5, 0.6) is 0 Å². The molecule has 4 rings (SSSR count). The van der Waals surface area contributed by atoms with Gasteiger partial charge in [-0.3, -0.25) is 9.59 Å². The van der Waals surface area contributed by atoms with E-state index in [0.29, 0.717) is 25.2 Å². The molecule has 0 spiro atoms. The zero-order valence-electron chi connectivity index (χ0n) is 17.9. The monoisotopic (exact) mass is 425 g/mol. The van der Waals surface area contributed by atoms with Crippen molar-refractivity contribution in [2.75, 3.05) is 0 Å². The molecule has 1 saturated heterocycles. The van der Waals surface area contributed by atoms with E-state index in [1.54, 1.807) is 6.92 Å². The summed E-state index contributed by atoms with van der Waals surface area (Å²) >= 11 is 0. The second kappa shape index (κ2) is 8.17. The van der Waals surface area contributed by atoms with Crippen molar-refractivity contribution in [1.82, 2.24) is 15.2 Å². The molecule has 1 aromatic heterocycles. The molecule has 2 aromatic rings. The summed E-state index contributed by atoms with van der Waals surface area (Å²) in [6, 6.07) is 4.92. The van der Waals surface area contributed by atoms with Crippen LogP contribution in [0, 0.1) is 18.8 Å². The molecule has 2 heterocycles. The van der Waals surface area contributed by atoms with Crippen LogP contribution in [0.2, 0.25) is 0 Å². The van der Waals surface area contributed by atoms with Gasteiger partial charge in [0.15, 0.2) is 11.9 Å². The number of aliphatic carboxylic acids is 1. The van der Waals surface area contributed by atoms with Crippen molar-refractivity contribution in [3.8, 4) is 0 Å². The van der Waals surface area contributed by atoms with Crippen molar-refractivity contribution in [1.29, 1.82) is 0 Å². The van der Waals surface area contributed by atoms with Gasteiger partial charge in [-0.25, -0.2) is 9.78 Å². The Morgan fingerprint density at radius 1 is 1.29 bits per heavy atom. The molecule has 1 aliphatic heterocycles. The number of carbonyl (C=O) groups excluding carboxylic acids is 2. The first kappa shape index (κ1) is 21.1. The van der Waals surface area contributed by atoms with E-state index >= 15 is 0 Å². The summed E-state index contributed by atoms with van der Waals surface area (Å²) < 4.78 is 5.23. The Morgan fingerprint density at radius 3 is 2.45 bits per heavy atom. The van der Waals surface area contributed by atoms with Crippen LogP contribution in [0.1, 0.15) is 49.0 Å². The summed E-state index contributed by atoms with van der Waals surface area (Å²) in [5.74, 6) is -1.98. The molecule has 2 aliphatic rings. The van der Waals surface area contributed by atoms with Gasteiger partial charge in [0.2, 0.25) is 11.8 Å². The van der Waals surface area contributed by atoms with Gasteiger partial charge in [0.1, 0.15) is 24.0 Å². The fourth-order valence-corrected chi connectivity index (χ4v) is 4.81. The molecule has 4 atom stereocenters. The van der Waals surface area contributed by atoms with Gasteiger partial charge < -0.3 is 19.7 Å². The van der Waals surface area contributed by atoms with Gasteiger partial charge in [-0.1, -0.05) is 44.5 Å². The summed E-state index contributed by atoms with van der Waals surface area (Å²) in [6.45, 7) is 5.37. The Kier molecular flexibility index (Phi) is 5.56. The van der Waals surface area contributed by atoms with Gasteiger partial charge in [-0.2, -0.15) is 0 Å². The Labute approximate surface area is 180 Å². The standard InChI is InChI=1S/C23H27N3O5/c1-4-12(2)19-21(27)25-18(16-9-14-7-5-6-8-15(14)10-16)22(28)26(19)20(23(29)30)17-11-31-13(3)24-17/h5-8,11-12,16,18-20H,4,9-10H2,1-3H3,(H,25,27)(H,29,30). The third-order valence-electron chi connectivity index (χ3n) is 6.55. The van der Waals surface area contributed by atoms with Crippen molar-refractivity contribution < 1.29 is 23.9 Å². The smallest absolute Gasteiger partial charge is 0.332 e. The molecule has 0 radical (unpaired) electrons. The number of benzene rings is 1. The highest BCUT2D eigenvalue weighted by molar-refractivity contribution is 5.99. The predicted molar refractivity (Wildman–Crippen MR) is 111 cm³/mol. The van der Waals surface area contributed by atoms with E-state index in [4.69, 9.17) is 4.42 Å². The maximum absolute atomic E-state index is 13.8. The molecule has 164 valence electrons. The third kappa shape index (κ3) is 3.71. The molecule has 1 aliphatic carbocycles. The molecule has 4 unspecified atom stereocenters. The Hall–Kier alpha value is -3.16. The SMILES string of the molecule is CCC(C)C1C(=O)NC(C2Cc3ccccc3C2)C(=O)N1C(C(=O)O)c1coc(C)n1. The van der Waals surface area contributed by atoms with Gasteiger partial charge in [0.25, 0.3) is 0 Å². The van der Waals surface area contributed by atoms with E-state index in [9.17, 15) is 19.5 Å². The number of carbonyl (C=O) groups is 3. The summed E-state index contributed by atoms with van der Waals surface area (Å²) in [5, 5.41) is 13.0. The summed E-state index contributed by atoms with van der Waals surface area (Å²) in [4.78, 5) is 44.7. The number of hydrogen-bond donors (Lipinski definition) is 2. The number of carboxylic acid groups (broad SMARTS) is 1. The van der Waals surface area contributed by atoms with Gasteiger partial charge in [-0.15, -0.1) is 0 Å². The first-order valence-corrected chi connectivity index (χ1v) is 10.7. The first-order chi connectivity index (χ1) is 14.8. The minimum atomic E-state index is -1.39. The van der Waals surface area contributed by atoms with Crippen molar-refractivity contribution in [3.05, 3.63) is 53.2 Å². The maximum atomic E-state index is 13.8. The van der Waals surface area contributed by atoms with Crippen LogP contribution in [-0.2, 0) is 27.2 Å². The predicted octanol–water partition coefficient (Wildman–Crippen LogP) is 2.27. The number of amides is 2. The number of hydrogen-bond acceptors (Lipinski definition) is 5. The molecule has 8 nitrogen and oxygen atoms in total. The summed E-state index contributed by atoms with van der Waals surface area (Å²) in [7, 11) is 0. The highest BCUT2D eigenvalue weighted by Gasteiger charge is 2.51. The number of aromatic nitrogens is 1. The average molecular weight is 425 g/mol. The first-order valence-electron chi connectivity index (χ1n) is 10.7. The average Bonchev–Trinajstić information content (AvgIpc) is 3.35. The highest BCUT2D eigenvalue weighted by atomic mass is 16.4. The molecule has 1 aromatic carbocycles. The number of nitrogens with zero attached hydrogens (tertiary/aromatic N) is 2. The minimum absolute atomic E-state index is 0.120. The van der Waals surface area contributed by atoms with Crippen molar-refractivity contribution in [3.63, 3.8) is 0 Å². The molecule has 1 fully saturated rings. The van der Waals surface area contributed by atoms with Crippen LogP contribution < -0.4 is 5.32 Å². The summed E-state index contributed by atoms with van der Waals surface area (Å²) in [5.41, 5.74) is 2.44. The minimum Gasteiger partial charge on any atom is -0.479 e. The summed E-state index contributed by atoms with van der Waals surface area (Å²) in [6.07, 6.45) is 3.19. The normalized spacial score (nSPS) is 23.4. The van der Waals surface area contributed by atoms with Crippen molar-refractivity contribution >= 4 is 17.8 Å². The second-order valence-electron chi connectivity index (χ2n) is 8.53. The van der Waals surface area contributed by atoms with E-state index in [0.717, 1.165) is 11.1 Å². The number of nitrogens with one attached hydrogen (secondary N) is 1. The number of oxazole rings is 1. The van der Waals surface area contributed by atoms with Crippen LogP contribution >= 0.6 is 0 Å². The van der Waals surface area contributed by atoms with Gasteiger partial charge in [0.05, 0.1) is 0 Å². The topological polar surface area (TPSA) is 113 Å². The quantitative estimate of drug-likeness (QED) is 0.734. The van der Waals surface area contributed by atoms with Crippen molar-refractivity contribution in [2.24, 2.45) is 11.8 Å². The van der Waals surface area contributed by atoms with Crippen molar-refractivity contribution in [2.45, 2.75) is 58.2 Å². The molecule has 0 saturated carbocycles. The lowest BCUT2D eigenvalue weighted by Crippen LogP contribution is -2.68. The fourth-order valence-electron chi connectivity index (χ4n) is 4.81. The third-order valence-corrected chi connectivity index (χ3v) is 6.55. The number of aryl methyl sites for hydroxylation is 1. The van der Waals surface area contributed by atoms with Crippen LogP contribution in [0.25, 0.3) is 0 Å². The zero-order chi connectivity index (χ0) is 22.3. The second-order valence-corrected chi connectivity index (χ2v) is 8.53. The van der Waals surface area contributed by atoms with E-state index < -0.39 is 24.1 Å². The molecule has 2 N–H and O–H groups in total. The lowest BCUT2D eigenvalue weighted by Gasteiger charge is -2.44. The van der Waals surface area contributed by atoms with E-state index in [1.807, 2.05) is 38.1 Å². The highest BCUT2D eigenvalue weighted by Crippen LogP contribution is 2.35. The molecule has 0 bridgehead atoms. The molecular formula is C23H27N3O5. The Balaban J connectivity index is 1.72. The molecule has 8 heteroatoms.